The van der Waals surface area contributed by atoms with Gasteiger partial charge in [0, 0.05) is 5.56 Å². The second kappa shape index (κ2) is 6.67. The summed E-state index contributed by atoms with van der Waals surface area (Å²) in [6, 6.07) is 12.8. The van der Waals surface area contributed by atoms with Crippen molar-refractivity contribution in [1.82, 2.24) is 20.1 Å². The summed E-state index contributed by atoms with van der Waals surface area (Å²) < 4.78 is 23.2. The third-order valence-corrected chi connectivity index (χ3v) is 3.55. The van der Waals surface area contributed by atoms with E-state index in [2.05, 4.69) is 20.1 Å². The smallest absolute Gasteiger partial charge is 0.359 e. The van der Waals surface area contributed by atoms with Crippen molar-refractivity contribution >= 4 is 17.0 Å². The molecular formula is C18H11FN4O3. The summed E-state index contributed by atoms with van der Waals surface area (Å²) in [4.78, 5) is 24.6. The largest absolute Gasteiger partial charge is 0.453 e. The first kappa shape index (κ1) is 15.8. The molecule has 26 heavy (non-hydrogen) atoms. The second-order valence-electron chi connectivity index (χ2n) is 5.34. The molecule has 0 bridgehead atoms. The topological polar surface area (TPSA) is 91.0 Å². The van der Waals surface area contributed by atoms with Crippen molar-refractivity contribution in [3.63, 3.8) is 0 Å². The number of aromatic nitrogens is 4. The molecule has 4 aromatic rings. The Morgan fingerprint density at radius 1 is 1.04 bits per heavy atom. The molecule has 0 N–H and O–H groups in total. The zero-order valence-corrected chi connectivity index (χ0v) is 13.3. The molecule has 0 atom stereocenters. The molecule has 128 valence electrons. The van der Waals surface area contributed by atoms with Gasteiger partial charge in [-0.05, 0) is 36.4 Å². The highest BCUT2D eigenvalue weighted by Gasteiger charge is 2.14. The maximum atomic E-state index is 12.9. The molecule has 7 nitrogen and oxygen atoms in total. The molecule has 4 rings (SSSR count). The van der Waals surface area contributed by atoms with Crippen LogP contribution in [0.4, 0.5) is 4.39 Å². The van der Waals surface area contributed by atoms with Crippen molar-refractivity contribution in [2.45, 2.75) is 6.61 Å². The third-order valence-electron chi connectivity index (χ3n) is 3.55. The fraction of sp³-hybridized carbons (Fsp3) is 0.0556. The predicted molar refractivity (Wildman–Crippen MR) is 88.3 cm³/mol. The molecule has 8 heteroatoms. The highest BCUT2D eigenvalue weighted by atomic mass is 19.1. The summed E-state index contributed by atoms with van der Waals surface area (Å²) in [6.07, 6.45) is 1.35. The Morgan fingerprint density at radius 2 is 1.81 bits per heavy atom. The van der Waals surface area contributed by atoms with Gasteiger partial charge in [0.15, 0.2) is 12.3 Å². The van der Waals surface area contributed by atoms with Gasteiger partial charge in [0.2, 0.25) is 5.82 Å². The molecule has 0 fully saturated rings. The Morgan fingerprint density at radius 3 is 2.62 bits per heavy atom. The predicted octanol–water partition coefficient (Wildman–Crippen LogP) is 3.18. The number of fused-ring (bicyclic) bond motifs is 1. The lowest BCUT2D eigenvalue weighted by atomic mass is 10.2. The van der Waals surface area contributed by atoms with Gasteiger partial charge in [-0.1, -0.05) is 17.3 Å². The Balaban J connectivity index is 1.45. The van der Waals surface area contributed by atoms with Crippen LogP contribution in [-0.2, 0) is 11.3 Å². The van der Waals surface area contributed by atoms with Crippen molar-refractivity contribution < 1.29 is 18.4 Å². The SMILES string of the molecule is O=C(OCc1noc(-c2ccc(F)cc2)n1)c1cnc2ccccc2n1. The van der Waals surface area contributed by atoms with Gasteiger partial charge in [-0.25, -0.2) is 14.2 Å². The summed E-state index contributed by atoms with van der Waals surface area (Å²) in [6.45, 7) is -0.183. The average Bonchev–Trinajstić information content (AvgIpc) is 3.15. The van der Waals surface area contributed by atoms with Crippen molar-refractivity contribution in [3.8, 4) is 11.5 Å². The zero-order chi connectivity index (χ0) is 17.9. The van der Waals surface area contributed by atoms with E-state index in [-0.39, 0.29) is 29.8 Å². The summed E-state index contributed by atoms with van der Waals surface area (Å²) in [5, 5.41) is 3.74. The van der Waals surface area contributed by atoms with E-state index in [0.717, 1.165) is 0 Å². The van der Waals surface area contributed by atoms with Crippen LogP contribution < -0.4 is 0 Å². The lowest BCUT2D eigenvalue weighted by Gasteiger charge is -2.02. The number of nitrogens with zero attached hydrogens (tertiary/aromatic N) is 4. The van der Waals surface area contributed by atoms with E-state index in [1.54, 1.807) is 12.1 Å². The van der Waals surface area contributed by atoms with E-state index in [4.69, 9.17) is 9.26 Å². The van der Waals surface area contributed by atoms with Gasteiger partial charge in [0.05, 0.1) is 17.2 Å². The number of rotatable bonds is 4. The number of carbonyl (C=O) groups excluding carboxylic acids is 1. The highest BCUT2D eigenvalue weighted by molar-refractivity contribution is 5.89. The minimum Gasteiger partial charge on any atom is -0.453 e. The molecule has 2 aromatic heterocycles. The summed E-state index contributed by atoms with van der Waals surface area (Å²) in [7, 11) is 0. The second-order valence-corrected chi connectivity index (χ2v) is 5.34. The number of hydrogen-bond acceptors (Lipinski definition) is 7. The summed E-state index contributed by atoms with van der Waals surface area (Å²) >= 11 is 0. The molecule has 0 saturated carbocycles. The summed E-state index contributed by atoms with van der Waals surface area (Å²) in [5.74, 6) is -0.608. The van der Waals surface area contributed by atoms with E-state index in [9.17, 15) is 9.18 Å². The molecule has 0 spiro atoms. The normalized spacial score (nSPS) is 10.8. The van der Waals surface area contributed by atoms with E-state index >= 15 is 0 Å². The molecule has 0 aliphatic heterocycles. The molecule has 2 aromatic carbocycles. The zero-order valence-electron chi connectivity index (χ0n) is 13.3. The van der Waals surface area contributed by atoms with Crippen LogP contribution in [-0.4, -0.2) is 26.1 Å². The fourth-order valence-electron chi connectivity index (χ4n) is 2.28. The minimum atomic E-state index is -0.642. The van der Waals surface area contributed by atoms with Gasteiger partial charge in [-0.15, -0.1) is 0 Å². The van der Waals surface area contributed by atoms with Crippen LogP contribution in [0.25, 0.3) is 22.5 Å². The first-order valence-electron chi connectivity index (χ1n) is 7.66. The molecule has 0 saturated heterocycles. The number of halogens is 1. The van der Waals surface area contributed by atoms with E-state index < -0.39 is 5.97 Å². The average molecular weight is 350 g/mol. The van der Waals surface area contributed by atoms with Gasteiger partial charge in [0.25, 0.3) is 5.89 Å². The number of hydrogen-bond donors (Lipinski definition) is 0. The van der Waals surface area contributed by atoms with Crippen molar-refractivity contribution in [2.75, 3.05) is 0 Å². The number of ether oxygens (including phenoxy) is 1. The Hall–Kier alpha value is -3.68. The third kappa shape index (κ3) is 3.25. The molecule has 0 unspecified atom stereocenters. The molecule has 0 amide bonds. The Kier molecular flexibility index (Phi) is 4.06. The van der Waals surface area contributed by atoms with Gasteiger partial charge < -0.3 is 9.26 Å². The van der Waals surface area contributed by atoms with Gasteiger partial charge in [0.1, 0.15) is 5.82 Å². The first-order valence-corrected chi connectivity index (χ1v) is 7.66. The van der Waals surface area contributed by atoms with Crippen LogP contribution in [0, 0.1) is 5.82 Å². The lowest BCUT2D eigenvalue weighted by molar-refractivity contribution is 0.0452. The maximum Gasteiger partial charge on any atom is 0.359 e. The molecule has 0 aliphatic carbocycles. The fourth-order valence-corrected chi connectivity index (χ4v) is 2.28. The molecule has 2 heterocycles. The monoisotopic (exact) mass is 350 g/mol. The number of esters is 1. The number of benzene rings is 2. The van der Waals surface area contributed by atoms with Gasteiger partial charge >= 0.3 is 5.97 Å². The van der Waals surface area contributed by atoms with Crippen LogP contribution in [0.1, 0.15) is 16.3 Å². The van der Waals surface area contributed by atoms with E-state index in [1.165, 1.54) is 30.5 Å². The highest BCUT2D eigenvalue weighted by Crippen LogP contribution is 2.17. The van der Waals surface area contributed by atoms with Crippen LogP contribution in [0.15, 0.2) is 59.3 Å². The van der Waals surface area contributed by atoms with E-state index in [1.807, 2.05) is 12.1 Å². The van der Waals surface area contributed by atoms with Crippen LogP contribution in [0.3, 0.4) is 0 Å². The van der Waals surface area contributed by atoms with Crippen molar-refractivity contribution in [2.24, 2.45) is 0 Å². The molecule has 0 aliphatic rings. The molecule has 0 radical (unpaired) electrons. The first-order chi connectivity index (χ1) is 12.7. The standard InChI is InChI=1S/C18H11FN4O3/c19-12-7-5-11(6-8-12)17-22-16(23-26-17)10-25-18(24)15-9-20-13-3-1-2-4-14(13)21-15/h1-9H,10H2. The Labute approximate surface area is 146 Å². The maximum absolute atomic E-state index is 12.9. The van der Waals surface area contributed by atoms with Gasteiger partial charge in [-0.3, -0.25) is 4.98 Å². The van der Waals surface area contributed by atoms with Crippen LogP contribution in [0.2, 0.25) is 0 Å². The summed E-state index contributed by atoms with van der Waals surface area (Å²) in [5.41, 5.74) is 1.94. The quantitative estimate of drug-likeness (QED) is 0.522. The molecular weight excluding hydrogens is 339 g/mol. The van der Waals surface area contributed by atoms with Crippen molar-refractivity contribution in [1.29, 1.82) is 0 Å². The number of para-hydroxylation sites is 2. The Bertz CT molecular complexity index is 1080. The van der Waals surface area contributed by atoms with Crippen LogP contribution >= 0.6 is 0 Å². The number of carbonyl (C=O) groups is 1. The van der Waals surface area contributed by atoms with E-state index in [0.29, 0.717) is 16.6 Å². The van der Waals surface area contributed by atoms with Crippen LogP contribution in [0.5, 0.6) is 0 Å². The van der Waals surface area contributed by atoms with Gasteiger partial charge in [-0.2, -0.15) is 4.98 Å². The minimum absolute atomic E-state index is 0.0888. The van der Waals surface area contributed by atoms with Crippen molar-refractivity contribution in [3.05, 3.63) is 72.1 Å². The lowest BCUT2D eigenvalue weighted by Crippen LogP contribution is -2.09.